The summed E-state index contributed by atoms with van der Waals surface area (Å²) in [5.41, 5.74) is 10.0. The highest BCUT2D eigenvalue weighted by Gasteiger charge is 2.12. The Morgan fingerprint density at radius 1 is 0.227 bits per heavy atom. The highest BCUT2D eigenvalue weighted by Crippen LogP contribution is 2.41. The lowest BCUT2D eigenvalue weighted by Crippen LogP contribution is -1.82. The molecule has 206 valence electrons. The first-order valence-corrected chi connectivity index (χ1v) is 16.5. The van der Waals surface area contributed by atoms with Crippen molar-refractivity contribution in [2.45, 2.75) is 0 Å². The van der Waals surface area contributed by atoms with E-state index < -0.39 is 0 Å². The van der Waals surface area contributed by atoms with Crippen LogP contribution < -0.4 is 0 Å². The molecule has 0 saturated carbocycles. The maximum Gasteiger partial charge on any atom is 0.0355 e. The Hall–Kier alpha value is -5.02. The van der Waals surface area contributed by atoms with Crippen molar-refractivity contribution in [3.63, 3.8) is 0 Å². The number of thiophene rings is 2. The minimum atomic E-state index is 1.24. The van der Waals surface area contributed by atoms with Gasteiger partial charge in [-0.25, -0.2) is 0 Å². The van der Waals surface area contributed by atoms with E-state index in [9.17, 15) is 0 Å². The summed E-state index contributed by atoms with van der Waals surface area (Å²) in [6.45, 7) is 0. The van der Waals surface area contributed by atoms with Crippen LogP contribution in [0.25, 0.3) is 84.9 Å². The molecule has 0 aliphatic heterocycles. The first-order valence-electron chi connectivity index (χ1n) is 14.9. The van der Waals surface area contributed by atoms with E-state index in [2.05, 4.69) is 158 Å². The summed E-state index contributed by atoms with van der Waals surface area (Å²) in [6.07, 6.45) is 0. The maximum atomic E-state index is 2.38. The smallest absolute Gasteiger partial charge is 0.0355 e. The second-order valence-corrected chi connectivity index (χ2v) is 13.5. The summed E-state index contributed by atoms with van der Waals surface area (Å²) in [5, 5.41) is 5.31. The van der Waals surface area contributed by atoms with E-state index in [0.29, 0.717) is 0 Å². The number of fused-ring (bicyclic) bond motifs is 6. The Balaban J connectivity index is 1.12. The van der Waals surface area contributed by atoms with Crippen LogP contribution in [0.1, 0.15) is 0 Å². The molecular formula is C42H26S2. The normalized spacial score (nSPS) is 11.6. The van der Waals surface area contributed by atoms with Crippen LogP contribution >= 0.6 is 22.7 Å². The molecule has 2 heterocycles. The molecule has 0 saturated heterocycles. The van der Waals surface area contributed by atoms with Crippen molar-refractivity contribution >= 4 is 63.0 Å². The van der Waals surface area contributed by atoms with E-state index >= 15 is 0 Å². The Labute approximate surface area is 264 Å². The van der Waals surface area contributed by atoms with Crippen LogP contribution in [0.4, 0.5) is 0 Å². The van der Waals surface area contributed by atoms with Crippen LogP contribution in [0.5, 0.6) is 0 Å². The Kier molecular flexibility index (Phi) is 5.97. The molecule has 0 fully saturated rings. The van der Waals surface area contributed by atoms with Crippen LogP contribution in [0.2, 0.25) is 0 Å². The molecule has 0 bridgehead atoms. The van der Waals surface area contributed by atoms with Gasteiger partial charge in [0.25, 0.3) is 0 Å². The van der Waals surface area contributed by atoms with Crippen molar-refractivity contribution in [1.82, 2.24) is 0 Å². The number of hydrogen-bond donors (Lipinski definition) is 0. The molecule has 9 rings (SSSR count). The summed E-state index contributed by atoms with van der Waals surface area (Å²) in [6, 6.07) is 58.0. The van der Waals surface area contributed by atoms with E-state index in [1.54, 1.807) is 0 Å². The van der Waals surface area contributed by atoms with Crippen molar-refractivity contribution in [1.29, 1.82) is 0 Å². The fourth-order valence-electron chi connectivity index (χ4n) is 6.41. The first-order chi connectivity index (χ1) is 21.8. The van der Waals surface area contributed by atoms with Gasteiger partial charge in [0.2, 0.25) is 0 Å². The van der Waals surface area contributed by atoms with Gasteiger partial charge in [0.05, 0.1) is 0 Å². The lowest BCUT2D eigenvalue weighted by Gasteiger charge is -2.08. The molecule has 0 aliphatic carbocycles. The lowest BCUT2D eigenvalue weighted by molar-refractivity contribution is 1.62. The van der Waals surface area contributed by atoms with Gasteiger partial charge in [0, 0.05) is 40.3 Å². The molecule has 2 heteroatoms. The predicted molar refractivity (Wildman–Crippen MR) is 194 cm³/mol. The third kappa shape index (κ3) is 4.34. The summed E-state index contributed by atoms with van der Waals surface area (Å²) < 4.78 is 5.32. The minimum Gasteiger partial charge on any atom is -0.135 e. The minimum absolute atomic E-state index is 1.24. The molecule has 44 heavy (non-hydrogen) atoms. The molecule has 0 atom stereocenters. The van der Waals surface area contributed by atoms with Gasteiger partial charge in [-0.05, 0) is 99.1 Å². The van der Waals surface area contributed by atoms with Gasteiger partial charge >= 0.3 is 0 Å². The first kappa shape index (κ1) is 25.5. The van der Waals surface area contributed by atoms with Gasteiger partial charge in [-0.1, -0.05) is 103 Å². The number of hydrogen-bond acceptors (Lipinski definition) is 2. The zero-order valence-corrected chi connectivity index (χ0v) is 25.5. The van der Waals surface area contributed by atoms with E-state index in [0.717, 1.165) is 0 Å². The van der Waals surface area contributed by atoms with E-state index in [4.69, 9.17) is 0 Å². The van der Waals surface area contributed by atoms with E-state index in [-0.39, 0.29) is 0 Å². The molecule has 0 aliphatic rings. The van der Waals surface area contributed by atoms with E-state index in [1.807, 2.05) is 22.7 Å². The highest BCUT2D eigenvalue weighted by molar-refractivity contribution is 7.26. The molecule has 0 nitrogen and oxygen atoms in total. The SMILES string of the molecule is c1ccc(-c2ccc3sc4ccc(-c5cccc(-c6ccc7sc8ccc(-c9ccccc9)cc8c7c6)c5)cc4c3c2)cc1. The molecule has 9 aromatic rings. The third-order valence-corrected chi connectivity index (χ3v) is 11.0. The summed E-state index contributed by atoms with van der Waals surface area (Å²) in [7, 11) is 0. The fraction of sp³-hybridized carbons (Fsp3) is 0. The van der Waals surface area contributed by atoms with Crippen LogP contribution in [0, 0.1) is 0 Å². The van der Waals surface area contributed by atoms with Crippen molar-refractivity contribution in [3.8, 4) is 44.5 Å². The maximum absolute atomic E-state index is 2.38. The van der Waals surface area contributed by atoms with Crippen LogP contribution in [-0.4, -0.2) is 0 Å². The van der Waals surface area contributed by atoms with Crippen molar-refractivity contribution in [2.24, 2.45) is 0 Å². The van der Waals surface area contributed by atoms with Gasteiger partial charge < -0.3 is 0 Å². The zero-order chi connectivity index (χ0) is 29.0. The average Bonchev–Trinajstić information content (AvgIpc) is 3.65. The van der Waals surface area contributed by atoms with Gasteiger partial charge in [-0.3, -0.25) is 0 Å². The molecule has 0 N–H and O–H groups in total. The van der Waals surface area contributed by atoms with Crippen molar-refractivity contribution in [2.75, 3.05) is 0 Å². The molecular weight excluding hydrogens is 569 g/mol. The number of benzene rings is 7. The average molecular weight is 595 g/mol. The summed E-state index contributed by atoms with van der Waals surface area (Å²) in [4.78, 5) is 0. The molecule has 0 radical (unpaired) electrons. The second-order valence-electron chi connectivity index (χ2n) is 11.4. The monoisotopic (exact) mass is 594 g/mol. The quantitative estimate of drug-likeness (QED) is 0.190. The standard InChI is InChI=1S/C42H26S2/c1-3-8-27(9-4-1)31-14-18-39-35(23-31)37-25-33(16-20-41(37)43-39)29-12-7-13-30(22-29)34-17-21-42-38(26-34)36-24-32(15-19-40(36)44-42)28-10-5-2-6-11-28/h1-26H. The number of rotatable bonds is 4. The van der Waals surface area contributed by atoms with Crippen LogP contribution in [-0.2, 0) is 0 Å². The zero-order valence-electron chi connectivity index (χ0n) is 23.8. The summed E-state index contributed by atoms with van der Waals surface area (Å²) in [5.74, 6) is 0. The van der Waals surface area contributed by atoms with Crippen LogP contribution in [0.3, 0.4) is 0 Å². The lowest BCUT2D eigenvalue weighted by atomic mass is 9.96. The van der Waals surface area contributed by atoms with E-state index in [1.165, 1.54) is 84.9 Å². The second kappa shape index (κ2) is 10.3. The Bertz CT molecular complexity index is 2310. The van der Waals surface area contributed by atoms with Crippen molar-refractivity contribution in [3.05, 3.63) is 158 Å². The Morgan fingerprint density at radius 2 is 0.523 bits per heavy atom. The fourth-order valence-corrected chi connectivity index (χ4v) is 8.55. The van der Waals surface area contributed by atoms with Crippen LogP contribution in [0.15, 0.2) is 158 Å². The van der Waals surface area contributed by atoms with Gasteiger partial charge in [0.15, 0.2) is 0 Å². The molecule has 2 aromatic heterocycles. The highest BCUT2D eigenvalue weighted by atomic mass is 32.1. The largest absolute Gasteiger partial charge is 0.135 e. The van der Waals surface area contributed by atoms with Gasteiger partial charge in [-0.15, -0.1) is 22.7 Å². The molecule has 7 aromatic carbocycles. The summed E-state index contributed by atoms with van der Waals surface area (Å²) >= 11 is 3.75. The van der Waals surface area contributed by atoms with Gasteiger partial charge in [-0.2, -0.15) is 0 Å². The predicted octanol–water partition coefficient (Wildman–Crippen LogP) is 13.1. The third-order valence-electron chi connectivity index (χ3n) is 8.68. The Morgan fingerprint density at radius 3 is 0.886 bits per heavy atom. The molecule has 0 unspecified atom stereocenters. The van der Waals surface area contributed by atoms with Gasteiger partial charge in [0.1, 0.15) is 0 Å². The topological polar surface area (TPSA) is 0 Å². The molecule has 0 amide bonds. The van der Waals surface area contributed by atoms with Crippen molar-refractivity contribution < 1.29 is 0 Å². The molecule has 0 spiro atoms.